The van der Waals surface area contributed by atoms with Gasteiger partial charge in [0.1, 0.15) is 35.6 Å². The number of carbonyl (C=O) groups is 5. The molecule has 3 aromatic rings. The lowest BCUT2D eigenvalue weighted by Crippen LogP contribution is -2.77. The normalized spacial score (nSPS) is 27.0. The lowest BCUT2D eigenvalue weighted by atomic mass is 9.48. The Morgan fingerprint density at radius 3 is 2.18 bits per heavy atom. The Morgan fingerprint density at radius 2 is 1.58 bits per heavy atom. The molecule has 5 amide bonds. The third-order valence-corrected chi connectivity index (χ3v) is 14.7. The molecule has 0 spiro atoms. The molecule has 1 saturated carbocycles. The van der Waals surface area contributed by atoms with Crippen molar-refractivity contribution in [3.8, 4) is 11.8 Å². The molecule has 2 N–H and O–H groups in total. The number of hydrogen-bond donors (Lipinski definition) is 1. The summed E-state index contributed by atoms with van der Waals surface area (Å²) in [6.45, 7) is 11.8. The van der Waals surface area contributed by atoms with Crippen molar-refractivity contribution < 1.29 is 33.1 Å². The van der Waals surface area contributed by atoms with Gasteiger partial charge in [0.25, 0.3) is 17.7 Å². The first kappa shape index (κ1) is 41.7. The minimum Gasteiger partial charge on any atom is -0.489 e. The Balaban J connectivity index is 0.866. The number of nitriles is 1. The number of ether oxygens (including phenoxy) is 1. The van der Waals surface area contributed by atoms with Crippen molar-refractivity contribution >= 4 is 52.6 Å². The number of rotatable bonds is 9. The number of pyridine rings is 1. The standard InChI is InChI=1S/C46H50ClFN8O6/c1-45(2)43(46(3,4)44(45)62-30-9-5-26(20-49)33(47)17-30)56-38(57)12-10-35(42(56)61)55-40(59)31-18-34(48)36(19-32(31)41(55)60)54-28-7-8-29(54)24-52(23-28)22-25-13-15-53(16-14-25)37-11-6-27(21-51-37)39(50)58/h5-6,9,11,17-19,21,25,28-29,35,43-44H,7-8,10,12-16,22-24H2,1-4H3,(H2,50,58)/t28-,29-,35-,43?,44?/m1/s1. The molecule has 1 aromatic heterocycles. The summed E-state index contributed by atoms with van der Waals surface area (Å²) in [5, 5.41) is 9.54. The Kier molecular flexibility index (Phi) is 10.3. The van der Waals surface area contributed by atoms with Gasteiger partial charge in [0, 0.05) is 74.3 Å². The topological polar surface area (TPSA) is 173 Å². The number of nitrogens with zero attached hydrogens (tertiary/aromatic N) is 7. The number of piperazine rings is 1. The van der Waals surface area contributed by atoms with Crippen LogP contribution in [-0.2, 0) is 9.59 Å². The molecule has 0 radical (unpaired) electrons. The smallest absolute Gasteiger partial charge is 0.262 e. The van der Waals surface area contributed by atoms with Crippen molar-refractivity contribution in [1.29, 1.82) is 5.26 Å². The van der Waals surface area contributed by atoms with Crippen LogP contribution >= 0.6 is 11.6 Å². The fourth-order valence-electron chi connectivity index (χ4n) is 11.9. The van der Waals surface area contributed by atoms with Crippen molar-refractivity contribution in [2.75, 3.05) is 42.5 Å². The van der Waals surface area contributed by atoms with Gasteiger partial charge in [-0.1, -0.05) is 39.3 Å². The van der Waals surface area contributed by atoms with E-state index in [1.54, 1.807) is 24.3 Å². The SMILES string of the molecule is CC1(C)C(Oc2ccc(C#N)c(Cl)c2)C(C)(C)C1N1C(=O)CC[C@@H](N2C(=O)c3cc(F)c(N4[C@@H]5CC[C@@H]4CN(CC4CCN(c6ccc(C(N)=O)cn6)CC4)C5)cc3C2=O)C1=O. The molecule has 5 aliphatic heterocycles. The zero-order chi connectivity index (χ0) is 44.0. The number of likely N-dealkylation sites (tertiary alicyclic amines) is 2. The average Bonchev–Trinajstić information content (AvgIpc) is 3.63. The predicted molar refractivity (Wildman–Crippen MR) is 227 cm³/mol. The number of piperidine rings is 2. The van der Waals surface area contributed by atoms with E-state index in [1.807, 2.05) is 39.8 Å². The molecule has 0 unspecified atom stereocenters. The molecule has 9 rings (SSSR count). The van der Waals surface area contributed by atoms with Crippen LogP contribution in [0.15, 0.2) is 48.7 Å². The van der Waals surface area contributed by atoms with Gasteiger partial charge in [-0.05, 0) is 74.4 Å². The van der Waals surface area contributed by atoms with Gasteiger partial charge in [0.05, 0.1) is 39.0 Å². The first-order valence-electron chi connectivity index (χ1n) is 21.4. The van der Waals surface area contributed by atoms with E-state index in [0.29, 0.717) is 28.5 Å². The number of hydrogen-bond acceptors (Lipinski definition) is 11. The minimum atomic E-state index is -1.24. The Morgan fingerprint density at radius 1 is 0.919 bits per heavy atom. The van der Waals surface area contributed by atoms with Crippen LogP contribution in [0.2, 0.25) is 5.02 Å². The van der Waals surface area contributed by atoms with Gasteiger partial charge in [-0.3, -0.25) is 38.7 Å². The molecule has 5 fully saturated rings. The molecule has 2 aromatic carbocycles. The van der Waals surface area contributed by atoms with E-state index in [2.05, 4.69) is 19.7 Å². The van der Waals surface area contributed by atoms with Gasteiger partial charge in [-0.15, -0.1) is 0 Å². The summed E-state index contributed by atoms with van der Waals surface area (Å²) in [7, 11) is 0. The molecule has 16 heteroatoms. The number of aromatic nitrogens is 1. The summed E-state index contributed by atoms with van der Waals surface area (Å²) in [6.07, 6.45) is 4.71. The van der Waals surface area contributed by atoms with Gasteiger partial charge in [-0.25, -0.2) is 9.37 Å². The van der Waals surface area contributed by atoms with Crippen molar-refractivity contribution in [3.63, 3.8) is 0 Å². The first-order chi connectivity index (χ1) is 29.5. The highest BCUT2D eigenvalue weighted by molar-refractivity contribution is 6.31. The molecular weight excluding hydrogens is 815 g/mol. The van der Waals surface area contributed by atoms with Gasteiger partial charge in [0.2, 0.25) is 11.8 Å². The maximum atomic E-state index is 16.2. The number of imide groups is 2. The summed E-state index contributed by atoms with van der Waals surface area (Å²) < 4.78 is 22.6. The van der Waals surface area contributed by atoms with E-state index in [1.165, 1.54) is 17.2 Å². The third kappa shape index (κ3) is 6.77. The van der Waals surface area contributed by atoms with E-state index < -0.39 is 64.4 Å². The first-order valence-corrected chi connectivity index (χ1v) is 21.8. The number of anilines is 2. The quantitative estimate of drug-likeness (QED) is 0.273. The van der Waals surface area contributed by atoms with E-state index in [0.717, 1.165) is 75.2 Å². The zero-order valence-electron chi connectivity index (χ0n) is 35.3. The fraction of sp³-hybridized carbons (Fsp3) is 0.500. The number of amides is 5. The van der Waals surface area contributed by atoms with Crippen LogP contribution in [0.25, 0.3) is 0 Å². The van der Waals surface area contributed by atoms with Gasteiger partial charge >= 0.3 is 0 Å². The zero-order valence-corrected chi connectivity index (χ0v) is 36.0. The molecule has 6 aliphatic rings. The van der Waals surface area contributed by atoms with Crippen molar-refractivity contribution in [3.05, 3.63) is 81.8 Å². The minimum absolute atomic E-state index is 0.0295. The fourth-order valence-corrected chi connectivity index (χ4v) is 12.1. The Hall–Kier alpha value is -5.59. The van der Waals surface area contributed by atoms with E-state index in [-0.39, 0.29) is 41.1 Å². The van der Waals surface area contributed by atoms with Gasteiger partial charge < -0.3 is 20.3 Å². The highest BCUT2D eigenvalue weighted by atomic mass is 35.5. The van der Waals surface area contributed by atoms with Crippen LogP contribution < -0.4 is 20.3 Å². The van der Waals surface area contributed by atoms with Crippen molar-refractivity contribution in [2.45, 2.75) is 96.5 Å². The molecule has 6 heterocycles. The highest BCUT2D eigenvalue weighted by Crippen LogP contribution is 2.59. The monoisotopic (exact) mass is 864 g/mol. The third-order valence-electron chi connectivity index (χ3n) is 14.4. The second kappa shape index (κ2) is 15.3. The molecule has 324 valence electrons. The van der Waals surface area contributed by atoms with Crippen molar-refractivity contribution in [2.24, 2.45) is 22.5 Å². The number of benzene rings is 2. The van der Waals surface area contributed by atoms with Crippen LogP contribution in [0.1, 0.15) is 103 Å². The van der Waals surface area contributed by atoms with Crippen LogP contribution in [0.5, 0.6) is 5.75 Å². The summed E-state index contributed by atoms with van der Waals surface area (Å²) in [4.78, 5) is 81.2. The average molecular weight is 865 g/mol. The van der Waals surface area contributed by atoms with Gasteiger partial charge in [0.15, 0.2) is 0 Å². The Bertz CT molecular complexity index is 2400. The van der Waals surface area contributed by atoms with Crippen molar-refractivity contribution in [1.82, 2.24) is 19.7 Å². The van der Waals surface area contributed by atoms with Crippen LogP contribution in [0.3, 0.4) is 0 Å². The van der Waals surface area contributed by atoms with Crippen LogP contribution in [0, 0.1) is 33.9 Å². The maximum absolute atomic E-state index is 16.2. The number of carbonyl (C=O) groups excluding carboxylic acids is 5. The Labute approximate surface area is 364 Å². The summed E-state index contributed by atoms with van der Waals surface area (Å²) >= 11 is 6.28. The molecule has 14 nitrogen and oxygen atoms in total. The van der Waals surface area contributed by atoms with Gasteiger partial charge in [-0.2, -0.15) is 5.26 Å². The molecule has 62 heavy (non-hydrogen) atoms. The highest BCUT2D eigenvalue weighted by Gasteiger charge is 2.68. The lowest BCUT2D eigenvalue weighted by Gasteiger charge is -2.65. The van der Waals surface area contributed by atoms with Crippen LogP contribution in [0.4, 0.5) is 15.9 Å². The number of fused-ring (bicyclic) bond motifs is 3. The molecule has 1 aliphatic carbocycles. The van der Waals surface area contributed by atoms with E-state index in [9.17, 15) is 29.2 Å². The van der Waals surface area contributed by atoms with E-state index >= 15 is 4.39 Å². The second-order valence-corrected chi connectivity index (χ2v) is 19.4. The lowest BCUT2D eigenvalue weighted by molar-refractivity contribution is -0.216. The molecule has 4 saturated heterocycles. The number of halogens is 2. The predicted octanol–water partition coefficient (Wildman–Crippen LogP) is 5.41. The maximum Gasteiger partial charge on any atom is 0.262 e. The summed E-state index contributed by atoms with van der Waals surface area (Å²) in [6, 6.07) is 11.2. The number of primary amides is 1. The molecular formula is C46H50ClFN8O6. The molecule has 3 atom stereocenters. The summed E-state index contributed by atoms with van der Waals surface area (Å²) in [5.41, 5.74) is 4.84. The second-order valence-electron chi connectivity index (χ2n) is 19.0. The van der Waals surface area contributed by atoms with Crippen LogP contribution in [-0.4, -0.2) is 112 Å². The summed E-state index contributed by atoms with van der Waals surface area (Å²) in [5.74, 6) is -1.76. The number of nitrogens with two attached hydrogens (primary N) is 1. The largest absolute Gasteiger partial charge is 0.489 e. The molecule has 2 bridgehead atoms. The van der Waals surface area contributed by atoms with E-state index in [4.69, 9.17) is 22.1 Å².